The number of rotatable bonds is 5. The predicted octanol–water partition coefficient (Wildman–Crippen LogP) is 4.18. The maximum atomic E-state index is 14.0. The molecular weight excluding hydrogens is 260 g/mol. The summed E-state index contributed by atoms with van der Waals surface area (Å²) in [5, 5.41) is 3.05. The lowest BCUT2D eigenvalue weighted by Crippen LogP contribution is -2.17. The number of ether oxygens (including phenoxy) is 1. The van der Waals surface area contributed by atoms with Gasteiger partial charge in [0.2, 0.25) is 0 Å². The van der Waals surface area contributed by atoms with Crippen LogP contribution in [0.15, 0.2) is 12.1 Å². The molecule has 20 heavy (non-hydrogen) atoms. The molecule has 0 heterocycles. The summed E-state index contributed by atoms with van der Waals surface area (Å²) in [6, 6.07) is 2.72. The first kappa shape index (κ1) is 15.2. The van der Waals surface area contributed by atoms with E-state index in [9.17, 15) is 8.78 Å². The van der Waals surface area contributed by atoms with E-state index < -0.39 is 11.6 Å². The Hall–Kier alpha value is -1.16. The summed E-state index contributed by atoms with van der Waals surface area (Å²) < 4.78 is 33.6. The Bertz CT molecular complexity index is 405. The Morgan fingerprint density at radius 3 is 2.25 bits per heavy atom. The number of nitrogens with one attached hydrogen (secondary N) is 1. The van der Waals surface area contributed by atoms with Gasteiger partial charge in [0.25, 0.3) is 0 Å². The van der Waals surface area contributed by atoms with Gasteiger partial charge in [0.05, 0.1) is 6.10 Å². The van der Waals surface area contributed by atoms with Gasteiger partial charge in [-0.15, -0.1) is 0 Å². The van der Waals surface area contributed by atoms with Crippen molar-refractivity contribution in [3.63, 3.8) is 0 Å². The van der Waals surface area contributed by atoms with Gasteiger partial charge in [-0.25, -0.2) is 8.78 Å². The fourth-order valence-corrected chi connectivity index (χ4v) is 2.62. The van der Waals surface area contributed by atoms with E-state index in [1.165, 1.54) is 25.0 Å². The third-order valence-corrected chi connectivity index (χ3v) is 3.72. The summed E-state index contributed by atoms with van der Waals surface area (Å²) in [4.78, 5) is 0. The van der Waals surface area contributed by atoms with E-state index in [1.807, 2.05) is 6.92 Å². The Kier molecular flexibility index (Phi) is 5.77. The summed E-state index contributed by atoms with van der Waals surface area (Å²) in [7, 11) is 0. The van der Waals surface area contributed by atoms with Gasteiger partial charge in [-0.2, -0.15) is 0 Å². The Labute approximate surface area is 119 Å². The van der Waals surface area contributed by atoms with E-state index in [0.29, 0.717) is 12.1 Å². The second kappa shape index (κ2) is 7.58. The van der Waals surface area contributed by atoms with Crippen molar-refractivity contribution in [2.45, 2.75) is 58.1 Å². The second-order valence-corrected chi connectivity index (χ2v) is 5.40. The van der Waals surface area contributed by atoms with Gasteiger partial charge in [-0.05, 0) is 49.9 Å². The lowest BCUT2D eigenvalue weighted by atomic mass is 10.1. The summed E-state index contributed by atoms with van der Waals surface area (Å²) in [6.07, 6.45) is 6.24. The van der Waals surface area contributed by atoms with Crippen LogP contribution in [0.1, 0.15) is 51.0 Å². The second-order valence-electron chi connectivity index (χ2n) is 5.40. The highest BCUT2D eigenvalue weighted by atomic mass is 19.1. The highest BCUT2D eigenvalue weighted by molar-refractivity contribution is 5.31. The van der Waals surface area contributed by atoms with E-state index >= 15 is 0 Å². The minimum atomic E-state index is -0.595. The zero-order valence-electron chi connectivity index (χ0n) is 12.1. The molecule has 0 aromatic heterocycles. The zero-order valence-corrected chi connectivity index (χ0v) is 12.1. The van der Waals surface area contributed by atoms with Crippen LogP contribution in [-0.4, -0.2) is 12.6 Å². The molecule has 1 N–H and O–H groups in total. The highest BCUT2D eigenvalue weighted by Crippen LogP contribution is 2.28. The minimum Gasteiger partial charge on any atom is -0.484 e. The standard InChI is InChI=1S/C16H23F2NO/c1-2-19-11-12-9-14(17)16(15(18)10-12)20-13-7-5-3-4-6-8-13/h9-10,13,19H,2-8,11H2,1H3. The summed E-state index contributed by atoms with van der Waals surface area (Å²) in [6.45, 7) is 3.19. The zero-order chi connectivity index (χ0) is 14.4. The quantitative estimate of drug-likeness (QED) is 0.819. The molecule has 0 spiro atoms. The van der Waals surface area contributed by atoms with Crippen molar-refractivity contribution in [2.24, 2.45) is 0 Å². The first-order valence-corrected chi connectivity index (χ1v) is 7.56. The maximum absolute atomic E-state index is 14.0. The summed E-state index contributed by atoms with van der Waals surface area (Å²) in [5.74, 6) is -1.40. The normalized spacial score (nSPS) is 16.9. The molecule has 0 bridgehead atoms. The third kappa shape index (κ3) is 4.17. The maximum Gasteiger partial charge on any atom is 0.191 e. The van der Waals surface area contributed by atoms with Gasteiger partial charge < -0.3 is 10.1 Å². The average Bonchev–Trinajstić information content (AvgIpc) is 2.69. The molecule has 0 aliphatic heterocycles. The minimum absolute atomic E-state index is 0.0545. The Morgan fingerprint density at radius 2 is 1.70 bits per heavy atom. The number of hydrogen-bond acceptors (Lipinski definition) is 2. The number of hydrogen-bond donors (Lipinski definition) is 1. The van der Waals surface area contributed by atoms with Crippen molar-refractivity contribution in [3.8, 4) is 5.75 Å². The highest BCUT2D eigenvalue weighted by Gasteiger charge is 2.19. The van der Waals surface area contributed by atoms with Crippen LogP contribution in [0, 0.1) is 11.6 Å². The van der Waals surface area contributed by atoms with Gasteiger partial charge in [0.1, 0.15) is 0 Å². The van der Waals surface area contributed by atoms with Gasteiger partial charge >= 0.3 is 0 Å². The lowest BCUT2D eigenvalue weighted by Gasteiger charge is -2.18. The molecule has 1 aromatic carbocycles. The van der Waals surface area contributed by atoms with E-state index in [1.54, 1.807) is 0 Å². The van der Waals surface area contributed by atoms with Gasteiger partial charge in [0.15, 0.2) is 17.4 Å². The molecule has 0 amide bonds. The van der Waals surface area contributed by atoms with Crippen molar-refractivity contribution in [2.75, 3.05) is 6.54 Å². The van der Waals surface area contributed by atoms with E-state index in [2.05, 4.69) is 5.32 Å². The van der Waals surface area contributed by atoms with Crippen molar-refractivity contribution < 1.29 is 13.5 Å². The van der Waals surface area contributed by atoms with Crippen LogP contribution in [0.3, 0.4) is 0 Å². The molecule has 1 aliphatic rings. The van der Waals surface area contributed by atoms with Crippen molar-refractivity contribution >= 4 is 0 Å². The summed E-state index contributed by atoms with van der Waals surface area (Å²) >= 11 is 0. The van der Waals surface area contributed by atoms with Gasteiger partial charge in [-0.3, -0.25) is 0 Å². The fourth-order valence-electron chi connectivity index (χ4n) is 2.62. The van der Waals surface area contributed by atoms with Crippen molar-refractivity contribution in [1.29, 1.82) is 0 Å². The van der Waals surface area contributed by atoms with E-state index in [-0.39, 0.29) is 11.9 Å². The topological polar surface area (TPSA) is 21.3 Å². The van der Waals surface area contributed by atoms with Gasteiger partial charge in [0, 0.05) is 6.54 Å². The van der Waals surface area contributed by atoms with Crippen molar-refractivity contribution in [3.05, 3.63) is 29.3 Å². The Morgan fingerprint density at radius 1 is 1.10 bits per heavy atom. The lowest BCUT2D eigenvalue weighted by molar-refractivity contribution is 0.167. The monoisotopic (exact) mass is 283 g/mol. The van der Waals surface area contributed by atoms with Crippen LogP contribution >= 0.6 is 0 Å². The molecule has 4 heteroatoms. The predicted molar refractivity (Wildman–Crippen MR) is 75.9 cm³/mol. The van der Waals surface area contributed by atoms with Crippen LogP contribution in [-0.2, 0) is 6.54 Å². The molecule has 1 saturated carbocycles. The molecule has 1 aromatic rings. The number of halogens is 2. The molecule has 0 radical (unpaired) electrons. The molecule has 0 saturated heterocycles. The molecule has 2 rings (SSSR count). The molecular formula is C16H23F2NO. The molecule has 112 valence electrons. The molecule has 1 aliphatic carbocycles. The van der Waals surface area contributed by atoms with Crippen LogP contribution in [0.5, 0.6) is 5.75 Å². The van der Waals surface area contributed by atoms with Crippen molar-refractivity contribution in [1.82, 2.24) is 5.32 Å². The SMILES string of the molecule is CCNCc1cc(F)c(OC2CCCCCC2)c(F)c1. The van der Waals surface area contributed by atoms with Crippen LogP contribution in [0.2, 0.25) is 0 Å². The Balaban J connectivity index is 2.06. The largest absolute Gasteiger partial charge is 0.484 e. The van der Waals surface area contributed by atoms with E-state index in [4.69, 9.17) is 4.74 Å². The number of benzene rings is 1. The first-order chi connectivity index (χ1) is 9.70. The summed E-state index contributed by atoms with van der Waals surface area (Å²) in [5.41, 5.74) is 0.607. The third-order valence-electron chi connectivity index (χ3n) is 3.72. The molecule has 2 nitrogen and oxygen atoms in total. The first-order valence-electron chi connectivity index (χ1n) is 7.56. The molecule has 0 atom stereocenters. The van der Waals surface area contributed by atoms with Crippen LogP contribution in [0.25, 0.3) is 0 Å². The molecule has 0 unspecified atom stereocenters. The van der Waals surface area contributed by atoms with E-state index in [0.717, 1.165) is 32.2 Å². The smallest absolute Gasteiger partial charge is 0.191 e. The van der Waals surface area contributed by atoms with Gasteiger partial charge in [-0.1, -0.05) is 19.8 Å². The fraction of sp³-hybridized carbons (Fsp3) is 0.625. The average molecular weight is 283 g/mol. The molecule has 1 fully saturated rings. The van der Waals surface area contributed by atoms with Crippen LogP contribution in [0.4, 0.5) is 8.78 Å². The van der Waals surface area contributed by atoms with Crippen LogP contribution < -0.4 is 10.1 Å².